The van der Waals surface area contributed by atoms with Crippen molar-refractivity contribution in [2.24, 2.45) is 15.1 Å². The molecule has 6 nitrogen and oxygen atoms in total. The van der Waals surface area contributed by atoms with Crippen molar-refractivity contribution in [2.45, 2.75) is 89.5 Å². The summed E-state index contributed by atoms with van der Waals surface area (Å²) < 4.78 is 9.88. The Kier molecular flexibility index (Phi) is 24.7. The number of nitrogens with zero attached hydrogens (tertiary/aromatic N) is 3. The molecule has 174 valence electrons. The monoisotopic (exact) mass is 423 g/mol. The number of aliphatic imine (C=N–C) groups is 2. The van der Waals surface area contributed by atoms with Gasteiger partial charge in [-0.05, 0) is 58.3 Å². The van der Waals surface area contributed by atoms with Crippen molar-refractivity contribution in [3.63, 3.8) is 0 Å². The maximum atomic E-state index is 4.98. The van der Waals surface area contributed by atoms with Crippen LogP contribution in [0.2, 0.25) is 0 Å². The van der Waals surface area contributed by atoms with Gasteiger partial charge in [-0.25, -0.2) is 4.99 Å². The molecule has 3 aliphatic rings. The molecule has 3 rings (SSSR count). The second kappa shape index (κ2) is 22.9. The summed E-state index contributed by atoms with van der Waals surface area (Å²) in [6.07, 6.45) is 5.68. The lowest BCUT2D eigenvalue weighted by molar-refractivity contribution is 0.221. The van der Waals surface area contributed by atoms with Crippen LogP contribution < -0.4 is 0 Å². The van der Waals surface area contributed by atoms with Crippen LogP contribution >= 0.6 is 0 Å². The summed E-state index contributed by atoms with van der Waals surface area (Å²) in [4.78, 5) is 12.7. The van der Waals surface area contributed by atoms with Gasteiger partial charge in [0, 0.05) is 18.3 Å². The molecule has 0 spiro atoms. The molecule has 0 bridgehead atoms. The molecule has 0 amide bonds. The summed E-state index contributed by atoms with van der Waals surface area (Å²) >= 11 is 0. The van der Waals surface area contributed by atoms with Gasteiger partial charge in [-0.2, -0.15) is 0 Å². The third-order valence-corrected chi connectivity index (χ3v) is 3.73. The lowest BCUT2D eigenvalue weighted by Gasteiger charge is -2.07. The molecule has 3 aliphatic heterocycles. The van der Waals surface area contributed by atoms with Crippen LogP contribution in [0.15, 0.2) is 49.1 Å². The molecule has 0 aromatic heterocycles. The predicted octanol–water partition coefficient (Wildman–Crippen LogP) is 7.44. The third kappa shape index (κ3) is 16.6. The van der Waals surface area contributed by atoms with Crippen molar-refractivity contribution in [3.8, 4) is 0 Å². The quantitative estimate of drug-likeness (QED) is 0.406. The normalized spacial score (nSPS) is 15.6. The Morgan fingerprint density at radius 1 is 0.733 bits per heavy atom. The van der Waals surface area contributed by atoms with Crippen molar-refractivity contribution in [2.75, 3.05) is 13.2 Å². The average Bonchev–Trinajstić information content (AvgIpc) is 2.80. The molecule has 0 saturated carbocycles. The molecule has 0 radical (unpaired) electrons. The van der Waals surface area contributed by atoms with Gasteiger partial charge in [0.05, 0.1) is 6.54 Å². The van der Waals surface area contributed by atoms with Gasteiger partial charge >= 0.3 is 0 Å². The lowest BCUT2D eigenvalue weighted by atomic mass is 10.2. The number of ether oxygens (including phenoxy) is 2. The van der Waals surface area contributed by atoms with Gasteiger partial charge in [0.2, 0.25) is 0 Å². The maximum Gasteiger partial charge on any atom is 0.176 e. The van der Waals surface area contributed by atoms with Gasteiger partial charge in [-0.15, -0.1) is 0 Å². The first-order chi connectivity index (χ1) is 14.4. The van der Waals surface area contributed by atoms with Crippen LogP contribution in [0.25, 0.3) is 0 Å². The maximum absolute atomic E-state index is 4.98. The minimum absolute atomic E-state index is 0.704. The molecule has 0 unspecified atom stereocenters. The molecule has 0 N–H and O–H groups in total. The zero-order valence-corrected chi connectivity index (χ0v) is 21.4. The van der Waals surface area contributed by atoms with E-state index in [0.717, 1.165) is 30.2 Å². The van der Waals surface area contributed by atoms with Gasteiger partial charge < -0.3 is 14.3 Å². The van der Waals surface area contributed by atoms with Crippen LogP contribution in [-0.4, -0.2) is 32.2 Å². The van der Waals surface area contributed by atoms with E-state index in [4.69, 9.17) is 14.3 Å². The van der Waals surface area contributed by atoms with Crippen LogP contribution in [0.3, 0.4) is 0 Å². The minimum Gasteiger partial charge on any atom is -0.479 e. The lowest BCUT2D eigenvalue weighted by Crippen LogP contribution is -2.00. The zero-order valence-electron chi connectivity index (χ0n) is 21.4. The summed E-state index contributed by atoms with van der Waals surface area (Å²) in [5.74, 6) is 1.92. The molecule has 0 fully saturated rings. The number of oxime groups is 1. The van der Waals surface area contributed by atoms with Crippen LogP contribution in [0.5, 0.6) is 0 Å². The van der Waals surface area contributed by atoms with Crippen LogP contribution in [0, 0.1) is 0 Å². The topological polar surface area (TPSA) is 64.8 Å². The van der Waals surface area contributed by atoms with Crippen molar-refractivity contribution in [1.82, 2.24) is 0 Å². The molecule has 3 heterocycles. The van der Waals surface area contributed by atoms with Crippen molar-refractivity contribution in [1.29, 1.82) is 0 Å². The number of rotatable bonds is 0. The van der Waals surface area contributed by atoms with Crippen LogP contribution in [0.4, 0.5) is 0 Å². The second-order valence-corrected chi connectivity index (χ2v) is 5.73. The summed E-state index contributed by atoms with van der Waals surface area (Å²) in [6, 6.07) is 0. The molecule has 0 aromatic rings. The molecule has 0 saturated heterocycles. The fourth-order valence-electron chi connectivity index (χ4n) is 1.51. The first kappa shape index (κ1) is 32.3. The Balaban J connectivity index is -0.000000323. The number of allylic oxidation sites excluding steroid dienone is 4. The smallest absolute Gasteiger partial charge is 0.176 e. The Bertz CT molecular complexity index is 545. The minimum atomic E-state index is 0.704. The van der Waals surface area contributed by atoms with Gasteiger partial charge in [-0.1, -0.05) is 46.7 Å². The van der Waals surface area contributed by atoms with Crippen molar-refractivity contribution in [3.05, 3.63) is 33.9 Å². The van der Waals surface area contributed by atoms with E-state index in [1.807, 2.05) is 83.1 Å². The standard InChI is InChI=1S/3C6H9NO.3C2H6/c1-5-3-8-4-7-6(5)2;1-5-3-7-4-8-6(5)2;1-5-3-4-7-8-6(5)2;3*1-2/h3*4H,3H2,1-2H3;3*1-2H3. The average molecular weight is 424 g/mol. The third-order valence-electron chi connectivity index (χ3n) is 3.73. The first-order valence-electron chi connectivity index (χ1n) is 10.9. The van der Waals surface area contributed by atoms with Crippen molar-refractivity contribution < 1.29 is 14.3 Å². The van der Waals surface area contributed by atoms with Crippen LogP contribution in [0.1, 0.15) is 89.5 Å². The Morgan fingerprint density at radius 3 is 1.63 bits per heavy atom. The van der Waals surface area contributed by atoms with Gasteiger partial charge in [0.1, 0.15) is 18.1 Å². The zero-order chi connectivity index (χ0) is 23.9. The highest BCUT2D eigenvalue weighted by atomic mass is 16.6. The van der Waals surface area contributed by atoms with E-state index >= 15 is 0 Å². The predicted molar refractivity (Wildman–Crippen MR) is 132 cm³/mol. The van der Waals surface area contributed by atoms with E-state index in [0.29, 0.717) is 6.61 Å². The molecular weight excluding hydrogens is 378 g/mol. The Hall–Kier alpha value is -2.37. The number of hydrogen-bond acceptors (Lipinski definition) is 6. The van der Waals surface area contributed by atoms with E-state index in [-0.39, 0.29) is 0 Å². The summed E-state index contributed by atoms with van der Waals surface area (Å²) in [7, 11) is 0. The highest BCUT2D eigenvalue weighted by Crippen LogP contribution is 2.11. The molecule has 0 atom stereocenters. The Morgan fingerprint density at radius 2 is 1.33 bits per heavy atom. The molecule has 6 heteroatoms. The van der Waals surface area contributed by atoms with E-state index in [9.17, 15) is 0 Å². The summed E-state index contributed by atoms with van der Waals surface area (Å²) in [5, 5.41) is 3.63. The highest BCUT2D eigenvalue weighted by molar-refractivity contribution is 5.61. The van der Waals surface area contributed by atoms with E-state index in [2.05, 4.69) is 15.1 Å². The highest BCUT2D eigenvalue weighted by Gasteiger charge is 2.00. The summed E-state index contributed by atoms with van der Waals surface area (Å²) in [6.45, 7) is 25.4. The van der Waals surface area contributed by atoms with Crippen LogP contribution in [-0.2, 0) is 14.3 Å². The first-order valence-corrected chi connectivity index (χ1v) is 10.9. The van der Waals surface area contributed by atoms with E-state index in [1.54, 1.807) is 6.21 Å². The van der Waals surface area contributed by atoms with Gasteiger partial charge in [-0.3, -0.25) is 4.99 Å². The fourth-order valence-corrected chi connectivity index (χ4v) is 1.51. The SMILES string of the molecule is CC.CC.CC.CC1=C(C)N=COC1.CC1=C(C)OC=NC1.CC1=C(C)ON=CC1. The summed E-state index contributed by atoms with van der Waals surface area (Å²) in [5.41, 5.74) is 4.77. The largest absolute Gasteiger partial charge is 0.479 e. The van der Waals surface area contributed by atoms with Gasteiger partial charge in [0.25, 0.3) is 0 Å². The fraction of sp³-hybridized carbons (Fsp3) is 0.625. The number of hydrogen-bond donors (Lipinski definition) is 0. The molecular formula is C24H45N3O3. The van der Waals surface area contributed by atoms with Gasteiger partial charge in [0.15, 0.2) is 12.8 Å². The Labute approximate surface area is 185 Å². The second-order valence-electron chi connectivity index (χ2n) is 5.73. The van der Waals surface area contributed by atoms with E-state index in [1.165, 1.54) is 29.5 Å². The molecule has 0 aromatic carbocycles. The molecule has 0 aliphatic carbocycles. The van der Waals surface area contributed by atoms with E-state index < -0.39 is 0 Å². The van der Waals surface area contributed by atoms with Crippen molar-refractivity contribution >= 4 is 19.0 Å². The molecule has 30 heavy (non-hydrogen) atoms.